The first-order chi connectivity index (χ1) is 8.79. The van der Waals surface area contributed by atoms with Gasteiger partial charge in [0.15, 0.2) is 0 Å². The van der Waals surface area contributed by atoms with Crippen LogP contribution in [-0.2, 0) is 20.8 Å². The molecule has 0 aliphatic rings. The predicted octanol–water partition coefficient (Wildman–Crippen LogP) is 2.87. The Labute approximate surface area is 126 Å². The molecule has 0 amide bonds. The molecule has 1 aromatic carbocycles. The van der Waals surface area contributed by atoms with Crippen molar-refractivity contribution in [1.82, 2.24) is 0 Å². The molecule has 4 nitrogen and oxygen atoms in total. The molecule has 0 spiro atoms. The molecular weight excluding hydrogens is 349 g/mol. The Morgan fingerprint density at radius 1 is 1.11 bits per heavy atom. The van der Waals surface area contributed by atoms with Gasteiger partial charge in [0, 0.05) is 4.90 Å². The molecule has 9 heteroatoms. The van der Waals surface area contributed by atoms with E-state index in [0.717, 1.165) is 11.3 Å². The highest BCUT2D eigenvalue weighted by Gasteiger charge is 2.16. The molecule has 0 saturated heterocycles. The van der Waals surface area contributed by atoms with Gasteiger partial charge in [-0.25, -0.2) is 17.8 Å². The van der Waals surface area contributed by atoms with Crippen LogP contribution in [0.15, 0.2) is 43.6 Å². The number of halogens is 2. The van der Waals surface area contributed by atoms with Crippen molar-refractivity contribution in [1.29, 1.82) is 0 Å². The van der Waals surface area contributed by atoms with Gasteiger partial charge in [-0.15, -0.1) is 11.3 Å². The fourth-order valence-corrected chi connectivity index (χ4v) is 4.95. The summed E-state index contributed by atoms with van der Waals surface area (Å²) in [4.78, 5) is 0.442. The fourth-order valence-electron chi connectivity index (χ4n) is 1.26. The molecule has 2 N–H and O–H groups in total. The zero-order valence-electron chi connectivity index (χ0n) is 9.17. The lowest BCUT2D eigenvalue weighted by molar-refractivity contribution is 0.600. The van der Waals surface area contributed by atoms with Crippen molar-refractivity contribution in [3.8, 4) is 0 Å². The number of hydrogen-bond acceptors (Lipinski definition) is 4. The van der Waals surface area contributed by atoms with E-state index in [1.54, 1.807) is 6.07 Å². The van der Waals surface area contributed by atoms with Gasteiger partial charge >= 0.3 is 0 Å². The van der Waals surface area contributed by atoms with Gasteiger partial charge in [-0.1, -0.05) is 23.2 Å². The minimum atomic E-state index is -3.78. The first kappa shape index (κ1) is 15.0. The number of sulfonamides is 1. The second kappa shape index (κ2) is 5.51. The van der Waals surface area contributed by atoms with E-state index in [4.69, 9.17) is 28.3 Å². The van der Waals surface area contributed by atoms with Gasteiger partial charge in [-0.3, -0.25) is 0 Å². The van der Waals surface area contributed by atoms with Crippen molar-refractivity contribution < 1.29 is 12.6 Å². The topological polar surface area (TPSA) is 77.2 Å². The molecule has 0 bridgehead atoms. The highest BCUT2D eigenvalue weighted by atomic mass is 35.5. The van der Waals surface area contributed by atoms with E-state index in [9.17, 15) is 12.6 Å². The Morgan fingerprint density at radius 3 is 2.32 bits per heavy atom. The van der Waals surface area contributed by atoms with Crippen LogP contribution < -0.4 is 5.14 Å². The number of hydrogen-bond donors (Lipinski definition) is 1. The summed E-state index contributed by atoms with van der Waals surface area (Å²) < 4.78 is 34.9. The zero-order chi connectivity index (χ0) is 14.2. The molecule has 0 aliphatic carbocycles. The number of thiophene rings is 1. The lowest BCUT2D eigenvalue weighted by Gasteiger charge is -2.01. The summed E-state index contributed by atoms with van der Waals surface area (Å²) in [6.07, 6.45) is 0. The molecule has 0 saturated carbocycles. The smallest absolute Gasteiger partial charge is 0.247 e. The SMILES string of the molecule is NS(=O)(=O)c1ccc(S(=O)c2ccc(Cl)c(Cl)c2)s1. The van der Waals surface area contributed by atoms with Crippen LogP contribution in [0, 0.1) is 0 Å². The van der Waals surface area contributed by atoms with Crippen molar-refractivity contribution in [2.75, 3.05) is 0 Å². The van der Waals surface area contributed by atoms with Gasteiger partial charge in [0.2, 0.25) is 10.0 Å². The molecule has 1 atom stereocenters. The normalized spacial score (nSPS) is 13.4. The largest absolute Gasteiger partial charge is 0.248 e. The molecule has 2 rings (SSSR count). The monoisotopic (exact) mass is 355 g/mol. The van der Waals surface area contributed by atoms with Crippen LogP contribution in [0.25, 0.3) is 0 Å². The van der Waals surface area contributed by atoms with Gasteiger partial charge in [-0.2, -0.15) is 0 Å². The molecule has 0 fully saturated rings. The van der Waals surface area contributed by atoms with Gasteiger partial charge in [0.05, 0.1) is 25.1 Å². The van der Waals surface area contributed by atoms with Crippen molar-refractivity contribution in [3.63, 3.8) is 0 Å². The van der Waals surface area contributed by atoms with Crippen LogP contribution in [0.4, 0.5) is 0 Å². The summed E-state index contributed by atoms with van der Waals surface area (Å²) in [5, 5.41) is 5.65. The summed E-state index contributed by atoms with van der Waals surface area (Å²) in [5.74, 6) is 0. The third-order valence-corrected chi connectivity index (χ3v) is 7.07. The minimum absolute atomic E-state index is 0.0316. The van der Waals surface area contributed by atoms with Crippen molar-refractivity contribution in [2.45, 2.75) is 13.3 Å². The molecule has 0 aliphatic heterocycles. The van der Waals surface area contributed by atoms with E-state index in [2.05, 4.69) is 0 Å². The van der Waals surface area contributed by atoms with E-state index in [0.29, 0.717) is 14.1 Å². The number of benzene rings is 1. The van der Waals surface area contributed by atoms with E-state index in [1.807, 2.05) is 0 Å². The zero-order valence-corrected chi connectivity index (χ0v) is 13.1. The highest BCUT2D eigenvalue weighted by Crippen LogP contribution is 2.30. The van der Waals surface area contributed by atoms with E-state index >= 15 is 0 Å². The minimum Gasteiger partial charge on any atom is -0.248 e. The number of primary sulfonamides is 1. The molecule has 19 heavy (non-hydrogen) atoms. The van der Waals surface area contributed by atoms with Crippen LogP contribution >= 0.6 is 34.5 Å². The summed E-state index contributed by atoms with van der Waals surface area (Å²) >= 11 is 12.5. The summed E-state index contributed by atoms with van der Waals surface area (Å²) in [6, 6.07) is 7.37. The third-order valence-electron chi connectivity index (χ3n) is 2.12. The standard InChI is InChI=1S/C10H7Cl2NO3S3/c11-7-2-1-6(5-8(7)12)18(14)9-3-4-10(17-9)19(13,15)16/h1-5H,(H2,13,15,16). The van der Waals surface area contributed by atoms with Crippen LogP contribution in [-0.4, -0.2) is 12.6 Å². The van der Waals surface area contributed by atoms with E-state index < -0.39 is 20.8 Å². The maximum Gasteiger partial charge on any atom is 0.247 e. The first-order valence-electron chi connectivity index (χ1n) is 4.78. The predicted molar refractivity (Wildman–Crippen MR) is 76.8 cm³/mol. The Bertz CT molecular complexity index is 755. The van der Waals surface area contributed by atoms with Gasteiger partial charge in [0.1, 0.15) is 4.21 Å². The Morgan fingerprint density at radius 2 is 1.79 bits per heavy atom. The first-order valence-corrected chi connectivity index (χ1v) is 9.05. The lowest BCUT2D eigenvalue weighted by atomic mass is 10.4. The molecular formula is C10H7Cl2NO3S3. The fraction of sp³-hybridized carbons (Fsp3) is 0. The van der Waals surface area contributed by atoms with Gasteiger partial charge in [-0.05, 0) is 30.3 Å². The highest BCUT2D eigenvalue weighted by molar-refractivity contribution is 7.92. The quantitative estimate of drug-likeness (QED) is 0.919. The maximum absolute atomic E-state index is 12.2. The number of rotatable bonds is 3. The lowest BCUT2D eigenvalue weighted by Crippen LogP contribution is -2.09. The Kier molecular flexibility index (Phi) is 4.34. The van der Waals surface area contributed by atoms with E-state index in [1.165, 1.54) is 24.3 Å². The van der Waals surface area contributed by atoms with Gasteiger partial charge < -0.3 is 0 Å². The molecule has 1 unspecified atom stereocenters. The molecule has 1 aromatic heterocycles. The van der Waals surface area contributed by atoms with Crippen LogP contribution in [0.1, 0.15) is 0 Å². The Hall–Kier alpha value is -0.440. The number of nitrogens with two attached hydrogens (primary N) is 1. The van der Waals surface area contributed by atoms with Gasteiger partial charge in [0.25, 0.3) is 0 Å². The Balaban J connectivity index is 2.39. The van der Waals surface area contributed by atoms with Crippen LogP contribution in [0.2, 0.25) is 10.0 Å². The average molecular weight is 356 g/mol. The average Bonchev–Trinajstić information content (AvgIpc) is 2.81. The molecule has 0 radical (unpaired) electrons. The van der Waals surface area contributed by atoms with Crippen molar-refractivity contribution >= 4 is 55.4 Å². The molecule has 2 aromatic rings. The molecule has 1 heterocycles. The third kappa shape index (κ3) is 3.36. The summed E-state index contributed by atoms with van der Waals surface area (Å²) in [5.41, 5.74) is 0. The molecule has 102 valence electrons. The van der Waals surface area contributed by atoms with Crippen LogP contribution in [0.5, 0.6) is 0 Å². The van der Waals surface area contributed by atoms with Crippen molar-refractivity contribution in [3.05, 3.63) is 40.4 Å². The summed E-state index contributed by atoms with van der Waals surface area (Å²) in [6.45, 7) is 0. The van der Waals surface area contributed by atoms with E-state index in [-0.39, 0.29) is 9.23 Å². The van der Waals surface area contributed by atoms with Crippen molar-refractivity contribution in [2.24, 2.45) is 5.14 Å². The summed E-state index contributed by atoms with van der Waals surface area (Å²) in [7, 11) is -5.30. The second-order valence-electron chi connectivity index (χ2n) is 3.46. The second-order valence-corrected chi connectivity index (χ2v) is 8.86. The maximum atomic E-state index is 12.2. The van der Waals surface area contributed by atoms with Crippen LogP contribution in [0.3, 0.4) is 0 Å².